The van der Waals surface area contributed by atoms with E-state index in [1.54, 1.807) is 20.8 Å². The van der Waals surface area contributed by atoms with E-state index in [0.717, 1.165) is 11.8 Å². The topological polar surface area (TPSA) is 43.4 Å². The van der Waals surface area contributed by atoms with Crippen molar-refractivity contribution in [1.29, 1.82) is 0 Å². The van der Waals surface area contributed by atoms with Crippen LogP contribution >= 0.6 is 24.4 Å². The molecule has 0 atom stereocenters. The number of thioether (sulfide) groups is 1. The summed E-state index contributed by atoms with van der Waals surface area (Å²) in [5.74, 6) is -0.366. The summed E-state index contributed by atoms with van der Waals surface area (Å²) in [4.78, 5) is 21.3. The molecule has 0 saturated carbocycles. The Morgan fingerprint density at radius 1 is 1.42 bits per heavy atom. The van der Waals surface area contributed by atoms with Crippen molar-refractivity contribution in [3.8, 4) is 0 Å². The third-order valence-corrected chi connectivity index (χ3v) is 1.75. The normalized spacial score (nSPS) is 11.0. The highest BCUT2D eigenvalue weighted by molar-refractivity contribution is 8.32. The van der Waals surface area contributed by atoms with Crippen molar-refractivity contribution >= 4 is 34.8 Å². The van der Waals surface area contributed by atoms with Gasteiger partial charge in [-0.2, -0.15) is 0 Å². The Kier molecular flexibility index (Phi) is 4.70. The van der Waals surface area contributed by atoms with Crippen molar-refractivity contribution in [2.75, 3.05) is 5.75 Å². The number of ether oxygens (including phenoxy) is 1. The smallest absolute Gasteiger partial charge is 0.316 e. The van der Waals surface area contributed by atoms with Crippen molar-refractivity contribution < 1.29 is 14.3 Å². The molecule has 0 aliphatic carbocycles. The van der Waals surface area contributed by atoms with Crippen LogP contribution < -0.4 is 0 Å². The molecule has 0 aromatic carbocycles. The molecule has 3 nitrogen and oxygen atoms in total. The number of carbonyl (C=O) groups is 2. The molecule has 0 aromatic heterocycles. The van der Waals surface area contributed by atoms with Crippen LogP contribution in [0.1, 0.15) is 20.8 Å². The number of carbonyl (C=O) groups excluding carboxylic acids is 2. The molecular formula is C7H12O3S2. The van der Waals surface area contributed by atoms with Gasteiger partial charge in [0.25, 0.3) is 0 Å². The number of rotatable bonds is 2. The molecule has 0 saturated heterocycles. The fraction of sp³-hybridized carbons (Fsp3) is 0.714. The fourth-order valence-corrected chi connectivity index (χ4v) is 0.986. The zero-order valence-electron chi connectivity index (χ0n) is 7.29. The van der Waals surface area contributed by atoms with Crippen LogP contribution in [0.3, 0.4) is 0 Å². The Bertz CT molecular complexity index is 184. The first-order chi connectivity index (χ1) is 5.31. The summed E-state index contributed by atoms with van der Waals surface area (Å²) >= 11 is 4.33. The van der Waals surface area contributed by atoms with Gasteiger partial charge in [0.1, 0.15) is 5.60 Å². The fourth-order valence-electron chi connectivity index (χ4n) is 0.492. The van der Waals surface area contributed by atoms with Crippen LogP contribution in [-0.4, -0.2) is 21.8 Å². The first-order valence-electron chi connectivity index (χ1n) is 3.39. The highest BCUT2D eigenvalue weighted by Crippen LogP contribution is 2.11. The highest BCUT2D eigenvalue weighted by Gasteiger charge is 2.16. The molecule has 0 heterocycles. The Morgan fingerprint density at radius 2 is 1.92 bits per heavy atom. The van der Waals surface area contributed by atoms with Crippen LogP contribution in [0.15, 0.2) is 0 Å². The number of thiol groups is 1. The standard InChI is InChI=1S/C7H12O3S2/c1-7(2,3)10-5(8)4-12-6(9)11/h4H2,1-3H3,(H,9,11). The maximum Gasteiger partial charge on any atom is 0.316 e. The van der Waals surface area contributed by atoms with Crippen molar-refractivity contribution in [3.63, 3.8) is 0 Å². The van der Waals surface area contributed by atoms with Crippen molar-refractivity contribution in [3.05, 3.63) is 0 Å². The minimum Gasteiger partial charge on any atom is -0.459 e. The predicted molar refractivity (Wildman–Crippen MR) is 52.7 cm³/mol. The van der Waals surface area contributed by atoms with E-state index in [2.05, 4.69) is 12.6 Å². The van der Waals surface area contributed by atoms with Gasteiger partial charge in [0.15, 0.2) is 0 Å². The van der Waals surface area contributed by atoms with Gasteiger partial charge in [-0.05, 0) is 20.8 Å². The van der Waals surface area contributed by atoms with Gasteiger partial charge in [0.05, 0.1) is 5.75 Å². The highest BCUT2D eigenvalue weighted by atomic mass is 32.2. The van der Waals surface area contributed by atoms with Crippen LogP contribution in [0.4, 0.5) is 4.79 Å². The van der Waals surface area contributed by atoms with Crippen LogP contribution in [0.25, 0.3) is 0 Å². The molecule has 0 unspecified atom stereocenters. The summed E-state index contributed by atoms with van der Waals surface area (Å²) in [5.41, 5.74) is -0.489. The molecule has 0 rings (SSSR count). The lowest BCUT2D eigenvalue weighted by molar-refractivity contribution is -0.151. The van der Waals surface area contributed by atoms with E-state index in [9.17, 15) is 9.59 Å². The first-order valence-corrected chi connectivity index (χ1v) is 4.82. The lowest BCUT2D eigenvalue weighted by Gasteiger charge is -2.18. The molecule has 0 N–H and O–H groups in total. The summed E-state index contributed by atoms with van der Waals surface area (Å²) in [5, 5.41) is 0. The summed E-state index contributed by atoms with van der Waals surface area (Å²) in [6.45, 7) is 5.33. The van der Waals surface area contributed by atoms with E-state index >= 15 is 0 Å². The third-order valence-electron chi connectivity index (χ3n) is 0.734. The van der Waals surface area contributed by atoms with Gasteiger partial charge in [-0.1, -0.05) is 24.4 Å². The molecule has 0 bridgehead atoms. The van der Waals surface area contributed by atoms with Crippen LogP contribution in [-0.2, 0) is 9.53 Å². The first kappa shape index (κ1) is 11.8. The second-order valence-corrected chi connectivity index (χ2v) is 4.80. The van der Waals surface area contributed by atoms with Gasteiger partial charge in [0, 0.05) is 0 Å². The molecular weight excluding hydrogens is 196 g/mol. The molecule has 70 valence electrons. The molecule has 0 aliphatic rings. The average molecular weight is 208 g/mol. The van der Waals surface area contributed by atoms with Gasteiger partial charge in [0.2, 0.25) is 4.45 Å². The van der Waals surface area contributed by atoms with Gasteiger partial charge in [-0.15, -0.1) is 0 Å². The van der Waals surface area contributed by atoms with Crippen molar-refractivity contribution in [1.82, 2.24) is 0 Å². The monoisotopic (exact) mass is 208 g/mol. The van der Waals surface area contributed by atoms with E-state index in [1.807, 2.05) is 0 Å². The predicted octanol–water partition coefficient (Wildman–Crippen LogP) is 2.11. The number of esters is 1. The third kappa shape index (κ3) is 7.94. The van der Waals surface area contributed by atoms with E-state index in [1.165, 1.54) is 0 Å². The summed E-state index contributed by atoms with van der Waals surface area (Å²) < 4.78 is 4.57. The van der Waals surface area contributed by atoms with E-state index in [-0.39, 0.29) is 10.2 Å². The lowest BCUT2D eigenvalue weighted by Crippen LogP contribution is -2.25. The Labute approximate surface area is 81.6 Å². The average Bonchev–Trinajstić information content (AvgIpc) is 1.79. The molecule has 0 spiro atoms. The molecule has 0 aliphatic heterocycles. The maximum atomic E-state index is 10.9. The Morgan fingerprint density at radius 3 is 2.25 bits per heavy atom. The minimum absolute atomic E-state index is 0.0274. The SMILES string of the molecule is CC(C)(C)OC(=O)CSC(=O)S. The van der Waals surface area contributed by atoms with Gasteiger partial charge >= 0.3 is 5.97 Å². The van der Waals surface area contributed by atoms with Crippen LogP contribution in [0.2, 0.25) is 0 Å². The zero-order valence-corrected chi connectivity index (χ0v) is 9.00. The number of hydrogen-bond acceptors (Lipinski definition) is 4. The largest absolute Gasteiger partial charge is 0.459 e. The maximum absolute atomic E-state index is 10.9. The summed E-state index contributed by atoms with van der Waals surface area (Å²) in [7, 11) is 0. The van der Waals surface area contributed by atoms with Gasteiger partial charge < -0.3 is 4.74 Å². The minimum atomic E-state index is -0.489. The lowest BCUT2D eigenvalue weighted by atomic mass is 10.2. The van der Waals surface area contributed by atoms with Gasteiger partial charge in [-0.25, -0.2) is 0 Å². The van der Waals surface area contributed by atoms with Crippen LogP contribution in [0.5, 0.6) is 0 Å². The Hall–Kier alpha value is -0.160. The molecule has 0 fully saturated rings. The molecule has 0 radical (unpaired) electrons. The number of hydrogen-bond donors (Lipinski definition) is 1. The summed E-state index contributed by atoms with van der Waals surface area (Å²) in [6, 6.07) is 0. The van der Waals surface area contributed by atoms with E-state index < -0.39 is 11.6 Å². The second-order valence-electron chi connectivity index (χ2n) is 3.14. The summed E-state index contributed by atoms with van der Waals surface area (Å²) in [6.07, 6.45) is 0. The van der Waals surface area contributed by atoms with E-state index in [0.29, 0.717) is 0 Å². The molecule has 0 aromatic rings. The van der Waals surface area contributed by atoms with Crippen LogP contribution in [0, 0.1) is 0 Å². The molecule has 12 heavy (non-hydrogen) atoms. The van der Waals surface area contributed by atoms with Crippen molar-refractivity contribution in [2.45, 2.75) is 26.4 Å². The second kappa shape index (κ2) is 4.77. The van der Waals surface area contributed by atoms with Gasteiger partial charge in [-0.3, -0.25) is 9.59 Å². The quantitative estimate of drug-likeness (QED) is 0.557. The van der Waals surface area contributed by atoms with Crippen molar-refractivity contribution in [2.24, 2.45) is 0 Å². The van der Waals surface area contributed by atoms with E-state index in [4.69, 9.17) is 4.74 Å². The zero-order chi connectivity index (χ0) is 9.78. The molecule has 5 heteroatoms. The Balaban J connectivity index is 3.68. The molecule has 0 amide bonds.